The molecule has 0 bridgehead atoms. The second-order valence-electron chi connectivity index (χ2n) is 3.21. The number of Topliss-reactive ketones (excluding diaryl/α,β-unsaturated/α-hetero) is 1. The Morgan fingerprint density at radius 2 is 2.07 bits per heavy atom. The van der Waals surface area contributed by atoms with Crippen molar-refractivity contribution in [3.63, 3.8) is 0 Å². The summed E-state index contributed by atoms with van der Waals surface area (Å²) in [5.41, 5.74) is 0.784. The molecule has 1 aliphatic heterocycles. The zero-order valence-electron chi connectivity index (χ0n) is 7.73. The van der Waals surface area contributed by atoms with Crippen LogP contribution in [0.15, 0.2) is 12.4 Å². The molecule has 0 N–H and O–H groups in total. The molecule has 0 unspecified atom stereocenters. The smallest absolute Gasteiger partial charge is 0.236 e. The van der Waals surface area contributed by atoms with Crippen LogP contribution in [0.5, 0.6) is 0 Å². The van der Waals surface area contributed by atoms with Gasteiger partial charge in [0.25, 0.3) is 0 Å². The lowest BCUT2D eigenvalue weighted by Crippen LogP contribution is -2.25. The van der Waals surface area contributed by atoms with Gasteiger partial charge in [-0.3, -0.25) is 19.5 Å². The molecule has 0 aromatic carbocycles. The number of anilines is 1. The number of hydrogen-bond donors (Lipinski definition) is 0. The van der Waals surface area contributed by atoms with Crippen LogP contribution in [0.1, 0.15) is 12.1 Å². The van der Waals surface area contributed by atoms with Crippen LogP contribution >= 0.6 is 0 Å². The number of aryl methyl sites for hydroxylation is 1. The second kappa shape index (κ2) is 3.17. The number of ketones is 1. The third-order valence-electron chi connectivity index (χ3n) is 2.03. The van der Waals surface area contributed by atoms with Gasteiger partial charge in [0.2, 0.25) is 5.91 Å². The normalized spacial score (nSPS) is 16.5. The van der Waals surface area contributed by atoms with E-state index in [1.54, 1.807) is 6.20 Å². The van der Waals surface area contributed by atoms with Crippen LogP contribution in [0.4, 0.5) is 5.82 Å². The number of carbonyl (C=O) groups is 2. The van der Waals surface area contributed by atoms with E-state index in [0.717, 1.165) is 5.69 Å². The first-order chi connectivity index (χ1) is 6.66. The molecule has 1 fully saturated rings. The Balaban J connectivity index is 2.27. The van der Waals surface area contributed by atoms with Crippen LogP contribution in [-0.2, 0) is 9.59 Å². The highest BCUT2D eigenvalue weighted by Crippen LogP contribution is 2.15. The SMILES string of the molecule is Cc1cnc(N2CC(=O)CC2=O)cn1. The summed E-state index contributed by atoms with van der Waals surface area (Å²) < 4.78 is 0. The van der Waals surface area contributed by atoms with Crippen molar-refractivity contribution in [2.45, 2.75) is 13.3 Å². The molecule has 2 rings (SSSR count). The van der Waals surface area contributed by atoms with E-state index in [4.69, 9.17) is 0 Å². The van der Waals surface area contributed by atoms with E-state index < -0.39 is 0 Å². The Bertz CT molecular complexity index is 386. The first-order valence-electron chi connectivity index (χ1n) is 4.27. The highest BCUT2D eigenvalue weighted by Gasteiger charge is 2.29. The molecular weight excluding hydrogens is 182 g/mol. The van der Waals surface area contributed by atoms with Gasteiger partial charge < -0.3 is 0 Å². The summed E-state index contributed by atoms with van der Waals surface area (Å²) in [7, 11) is 0. The van der Waals surface area contributed by atoms with E-state index in [-0.39, 0.29) is 24.7 Å². The zero-order chi connectivity index (χ0) is 10.1. The maximum atomic E-state index is 11.3. The van der Waals surface area contributed by atoms with E-state index in [1.807, 2.05) is 6.92 Å². The van der Waals surface area contributed by atoms with Crippen molar-refractivity contribution in [2.24, 2.45) is 0 Å². The van der Waals surface area contributed by atoms with Gasteiger partial charge in [0.1, 0.15) is 0 Å². The van der Waals surface area contributed by atoms with Crippen LogP contribution in [0.3, 0.4) is 0 Å². The van der Waals surface area contributed by atoms with Crippen molar-refractivity contribution >= 4 is 17.5 Å². The highest BCUT2D eigenvalue weighted by atomic mass is 16.2. The monoisotopic (exact) mass is 191 g/mol. The Hall–Kier alpha value is -1.78. The van der Waals surface area contributed by atoms with E-state index in [2.05, 4.69) is 9.97 Å². The van der Waals surface area contributed by atoms with Crippen molar-refractivity contribution < 1.29 is 9.59 Å². The van der Waals surface area contributed by atoms with Crippen LogP contribution in [0.25, 0.3) is 0 Å². The minimum Gasteiger partial charge on any atom is -0.297 e. The topological polar surface area (TPSA) is 63.2 Å². The van der Waals surface area contributed by atoms with E-state index >= 15 is 0 Å². The van der Waals surface area contributed by atoms with E-state index in [9.17, 15) is 9.59 Å². The molecular formula is C9H9N3O2. The van der Waals surface area contributed by atoms with Gasteiger partial charge in [-0.25, -0.2) is 4.98 Å². The molecule has 0 aliphatic carbocycles. The zero-order valence-corrected chi connectivity index (χ0v) is 7.73. The lowest BCUT2D eigenvalue weighted by molar-refractivity contribution is -0.121. The number of hydrogen-bond acceptors (Lipinski definition) is 4. The fourth-order valence-corrected chi connectivity index (χ4v) is 1.32. The van der Waals surface area contributed by atoms with Crippen LogP contribution < -0.4 is 4.90 Å². The first kappa shape index (κ1) is 8.80. The van der Waals surface area contributed by atoms with Gasteiger partial charge in [-0.1, -0.05) is 0 Å². The summed E-state index contributed by atoms with van der Waals surface area (Å²) in [5.74, 6) is 0.178. The van der Waals surface area contributed by atoms with Crippen molar-refractivity contribution in [2.75, 3.05) is 11.4 Å². The van der Waals surface area contributed by atoms with Crippen molar-refractivity contribution in [1.29, 1.82) is 0 Å². The molecule has 72 valence electrons. The summed E-state index contributed by atoms with van der Waals surface area (Å²) in [6.45, 7) is 1.93. The number of aromatic nitrogens is 2. The van der Waals surface area contributed by atoms with Crippen molar-refractivity contribution in [3.05, 3.63) is 18.1 Å². The Morgan fingerprint density at radius 1 is 1.29 bits per heavy atom. The molecule has 5 heteroatoms. The van der Waals surface area contributed by atoms with Crippen molar-refractivity contribution in [3.8, 4) is 0 Å². The lowest BCUT2D eigenvalue weighted by atomic mass is 10.3. The summed E-state index contributed by atoms with van der Waals surface area (Å²) in [6, 6.07) is 0. The number of rotatable bonds is 1. The van der Waals surface area contributed by atoms with Gasteiger partial charge in [-0.05, 0) is 6.92 Å². The fraction of sp³-hybridized carbons (Fsp3) is 0.333. The molecule has 1 aliphatic rings. The molecule has 14 heavy (non-hydrogen) atoms. The standard InChI is InChI=1S/C9H9N3O2/c1-6-3-11-8(4-10-6)12-5-7(13)2-9(12)14/h3-4H,2,5H2,1H3. The maximum Gasteiger partial charge on any atom is 0.236 e. The fourth-order valence-electron chi connectivity index (χ4n) is 1.32. The Labute approximate surface area is 80.8 Å². The molecule has 1 aromatic heterocycles. The van der Waals surface area contributed by atoms with Gasteiger partial charge in [0.05, 0.1) is 31.1 Å². The van der Waals surface area contributed by atoms with Crippen LogP contribution in [0.2, 0.25) is 0 Å². The van der Waals surface area contributed by atoms with Gasteiger partial charge in [-0.15, -0.1) is 0 Å². The molecule has 1 saturated heterocycles. The number of carbonyl (C=O) groups excluding carboxylic acids is 2. The Kier molecular flexibility index (Phi) is 1.99. The minimum atomic E-state index is -0.201. The second-order valence-corrected chi connectivity index (χ2v) is 3.21. The summed E-state index contributed by atoms with van der Waals surface area (Å²) in [4.78, 5) is 31.7. The van der Waals surface area contributed by atoms with Crippen molar-refractivity contribution in [1.82, 2.24) is 9.97 Å². The summed E-state index contributed by atoms with van der Waals surface area (Å²) >= 11 is 0. The van der Waals surface area contributed by atoms with Gasteiger partial charge in [0, 0.05) is 0 Å². The van der Waals surface area contributed by atoms with Crippen LogP contribution in [0, 0.1) is 6.92 Å². The number of nitrogens with zero attached hydrogens (tertiary/aromatic N) is 3. The third-order valence-corrected chi connectivity index (χ3v) is 2.03. The molecule has 0 radical (unpaired) electrons. The predicted molar refractivity (Wildman–Crippen MR) is 48.7 cm³/mol. The molecule has 1 amide bonds. The summed E-state index contributed by atoms with van der Waals surface area (Å²) in [5, 5.41) is 0. The van der Waals surface area contributed by atoms with Crippen LogP contribution in [-0.4, -0.2) is 28.2 Å². The minimum absolute atomic E-state index is 0.0183. The lowest BCUT2D eigenvalue weighted by Gasteiger charge is -2.12. The maximum absolute atomic E-state index is 11.3. The van der Waals surface area contributed by atoms with Gasteiger partial charge in [0.15, 0.2) is 11.6 Å². The molecule has 1 aromatic rings. The molecule has 2 heterocycles. The van der Waals surface area contributed by atoms with Gasteiger partial charge >= 0.3 is 0 Å². The number of amides is 1. The predicted octanol–water partition coefficient (Wildman–Crippen LogP) is 0.0908. The molecule has 0 atom stereocenters. The highest BCUT2D eigenvalue weighted by molar-refractivity contribution is 6.14. The Morgan fingerprint density at radius 3 is 2.57 bits per heavy atom. The first-order valence-corrected chi connectivity index (χ1v) is 4.27. The average molecular weight is 191 g/mol. The van der Waals surface area contributed by atoms with E-state index in [0.29, 0.717) is 5.82 Å². The quantitative estimate of drug-likeness (QED) is 0.590. The van der Waals surface area contributed by atoms with E-state index in [1.165, 1.54) is 11.1 Å². The van der Waals surface area contributed by atoms with Gasteiger partial charge in [-0.2, -0.15) is 0 Å². The summed E-state index contributed by atoms with van der Waals surface area (Å²) in [6.07, 6.45) is 3.06. The molecule has 5 nitrogen and oxygen atoms in total. The molecule has 0 saturated carbocycles. The molecule has 0 spiro atoms. The third kappa shape index (κ3) is 1.48. The largest absolute Gasteiger partial charge is 0.297 e. The average Bonchev–Trinajstić information content (AvgIpc) is 2.47.